The molecule has 1 aliphatic rings. The molecule has 0 bridgehead atoms. The molecule has 12 heteroatoms. The summed E-state index contributed by atoms with van der Waals surface area (Å²) in [5, 5.41) is 14.7. The first-order valence-corrected chi connectivity index (χ1v) is 11.5. The molecular weight excluding hydrogens is 450 g/mol. The molecule has 3 aromatic rings. The van der Waals surface area contributed by atoms with Gasteiger partial charge in [-0.05, 0) is 54.1 Å². The Morgan fingerprint density at radius 2 is 2.03 bits per heavy atom. The smallest absolute Gasteiger partial charge is 0.269 e. The number of nitrogens with zero attached hydrogens (tertiary/aromatic N) is 4. The minimum Gasteiger partial charge on any atom is -0.324 e. The Hall–Kier alpha value is -3.38. The average molecular weight is 470 g/mol. The predicted octanol–water partition coefficient (Wildman–Crippen LogP) is 1.96. The van der Waals surface area contributed by atoms with Gasteiger partial charge in [0.15, 0.2) is 0 Å². The maximum absolute atomic E-state index is 12.4. The topological polar surface area (TPSA) is 131 Å². The van der Waals surface area contributed by atoms with Gasteiger partial charge in [0.25, 0.3) is 5.91 Å². The number of rotatable bonds is 5. The van der Waals surface area contributed by atoms with Crippen LogP contribution in [0.3, 0.4) is 0 Å². The van der Waals surface area contributed by atoms with Crippen molar-refractivity contribution >= 4 is 46.9 Å². The van der Waals surface area contributed by atoms with Gasteiger partial charge in [0, 0.05) is 10.5 Å². The molecule has 10 nitrogen and oxygen atoms in total. The number of hydrogen-bond acceptors (Lipinski definition) is 8. The summed E-state index contributed by atoms with van der Waals surface area (Å²) in [6.07, 6.45) is 0. The number of tetrazole rings is 1. The van der Waals surface area contributed by atoms with Gasteiger partial charge in [-0.2, -0.15) is 4.68 Å². The number of fused-ring (bicyclic) bond motifs is 1. The van der Waals surface area contributed by atoms with E-state index in [0.29, 0.717) is 16.4 Å². The first kappa shape index (κ1) is 21.8. The lowest BCUT2D eigenvalue weighted by atomic mass is 10.2. The number of para-hydroxylation sites is 1. The fourth-order valence-corrected chi connectivity index (χ4v) is 4.55. The van der Waals surface area contributed by atoms with Crippen molar-refractivity contribution < 1.29 is 14.4 Å². The van der Waals surface area contributed by atoms with Crippen LogP contribution in [0.4, 0.5) is 5.69 Å². The van der Waals surface area contributed by atoms with Crippen LogP contribution in [0.2, 0.25) is 0 Å². The van der Waals surface area contributed by atoms with Crippen LogP contribution >= 0.6 is 23.5 Å². The Morgan fingerprint density at radius 3 is 2.84 bits per heavy atom. The van der Waals surface area contributed by atoms with Gasteiger partial charge in [0.1, 0.15) is 0 Å². The molecule has 164 valence electrons. The Balaban J connectivity index is 1.32. The number of carbonyl (C=O) groups is 3. The van der Waals surface area contributed by atoms with Crippen molar-refractivity contribution in [3.05, 3.63) is 53.6 Å². The summed E-state index contributed by atoms with van der Waals surface area (Å²) in [7, 11) is 0. The van der Waals surface area contributed by atoms with Crippen LogP contribution in [0.15, 0.2) is 52.5 Å². The van der Waals surface area contributed by atoms with Crippen molar-refractivity contribution in [1.82, 2.24) is 31.1 Å². The standard InChI is InChI=1S/C20H19N7O3S2/c1-11-5-3-4-6-15(11)27-20(24-25-26-27)31-10-17(28)22-23-19(30)13-7-8-16-14(9-13)21-18(29)12(2)32-16/h3-9,12H,10H2,1-2H3,(H,21,29)(H,22,28)(H,23,30)/t12-/m1/s1. The molecule has 1 aliphatic heterocycles. The second kappa shape index (κ2) is 9.40. The van der Waals surface area contributed by atoms with Crippen molar-refractivity contribution in [1.29, 1.82) is 0 Å². The number of aromatic nitrogens is 4. The van der Waals surface area contributed by atoms with E-state index < -0.39 is 11.8 Å². The molecule has 0 unspecified atom stereocenters. The molecular formula is C20H19N7O3S2. The Labute approximate surface area is 191 Å². The first-order valence-electron chi connectivity index (χ1n) is 9.60. The third-order valence-electron chi connectivity index (χ3n) is 4.60. The molecule has 3 amide bonds. The number of thioether (sulfide) groups is 2. The molecule has 2 heterocycles. The third kappa shape index (κ3) is 4.75. The minimum absolute atomic E-state index is 0.00130. The average Bonchev–Trinajstić information content (AvgIpc) is 3.25. The van der Waals surface area contributed by atoms with E-state index in [2.05, 4.69) is 31.7 Å². The number of benzene rings is 2. The zero-order valence-corrected chi connectivity index (χ0v) is 18.8. The quantitative estimate of drug-likeness (QED) is 0.382. The maximum Gasteiger partial charge on any atom is 0.269 e. The number of anilines is 1. The van der Waals surface area contributed by atoms with Crippen LogP contribution in [0, 0.1) is 6.92 Å². The first-order chi connectivity index (χ1) is 15.4. The number of nitrogens with one attached hydrogen (secondary N) is 3. The molecule has 1 aromatic heterocycles. The summed E-state index contributed by atoms with van der Waals surface area (Å²) in [4.78, 5) is 37.4. The molecule has 0 radical (unpaired) electrons. The highest BCUT2D eigenvalue weighted by Crippen LogP contribution is 2.35. The van der Waals surface area contributed by atoms with Crippen molar-refractivity contribution in [3.63, 3.8) is 0 Å². The summed E-state index contributed by atoms with van der Waals surface area (Å²) in [5.74, 6) is -1.02. The van der Waals surface area contributed by atoms with Gasteiger partial charge < -0.3 is 5.32 Å². The van der Waals surface area contributed by atoms with Gasteiger partial charge in [0.05, 0.1) is 22.4 Å². The molecule has 32 heavy (non-hydrogen) atoms. The lowest BCUT2D eigenvalue weighted by molar-refractivity contribution is -0.119. The lowest BCUT2D eigenvalue weighted by Gasteiger charge is -2.21. The van der Waals surface area contributed by atoms with Crippen LogP contribution in [-0.2, 0) is 9.59 Å². The van der Waals surface area contributed by atoms with Gasteiger partial charge in [-0.25, -0.2) is 0 Å². The number of aryl methyl sites for hydroxylation is 1. The van der Waals surface area contributed by atoms with Crippen LogP contribution in [0.25, 0.3) is 5.69 Å². The Morgan fingerprint density at radius 1 is 1.22 bits per heavy atom. The van der Waals surface area contributed by atoms with Gasteiger partial charge in [-0.1, -0.05) is 30.0 Å². The van der Waals surface area contributed by atoms with Crippen molar-refractivity contribution in [2.45, 2.75) is 29.1 Å². The molecule has 3 N–H and O–H groups in total. The van der Waals surface area contributed by atoms with Crippen LogP contribution in [0.5, 0.6) is 0 Å². The van der Waals surface area contributed by atoms with Crippen molar-refractivity contribution in [2.75, 3.05) is 11.1 Å². The highest BCUT2D eigenvalue weighted by Gasteiger charge is 2.24. The predicted molar refractivity (Wildman–Crippen MR) is 121 cm³/mol. The third-order valence-corrected chi connectivity index (χ3v) is 6.70. The Kier molecular flexibility index (Phi) is 6.42. The fraction of sp³-hybridized carbons (Fsp3) is 0.200. The summed E-state index contributed by atoms with van der Waals surface area (Å²) in [6.45, 7) is 3.76. The van der Waals surface area contributed by atoms with E-state index in [1.165, 1.54) is 11.8 Å². The van der Waals surface area contributed by atoms with Gasteiger partial charge >= 0.3 is 0 Å². The summed E-state index contributed by atoms with van der Waals surface area (Å²) in [6, 6.07) is 12.6. The highest BCUT2D eigenvalue weighted by molar-refractivity contribution is 8.01. The zero-order valence-electron chi connectivity index (χ0n) is 17.2. The molecule has 0 saturated heterocycles. The second-order valence-electron chi connectivity index (χ2n) is 6.91. The summed E-state index contributed by atoms with van der Waals surface area (Å²) < 4.78 is 1.56. The van der Waals surface area contributed by atoms with Crippen LogP contribution in [-0.4, -0.2) is 48.9 Å². The number of hydrazine groups is 1. The summed E-state index contributed by atoms with van der Waals surface area (Å²) in [5.41, 5.74) is 7.47. The number of hydrogen-bond donors (Lipinski definition) is 3. The fourth-order valence-electron chi connectivity index (χ4n) is 2.94. The monoisotopic (exact) mass is 469 g/mol. The van der Waals surface area contributed by atoms with E-state index in [1.54, 1.807) is 22.9 Å². The largest absolute Gasteiger partial charge is 0.324 e. The molecule has 0 saturated carbocycles. The zero-order chi connectivity index (χ0) is 22.7. The van der Waals surface area contributed by atoms with E-state index in [1.807, 2.05) is 38.1 Å². The number of carbonyl (C=O) groups excluding carboxylic acids is 3. The maximum atomic E-state index is 12.4. The van der Waals surface area contributed by atoms with Gasteiger partial charge in [-0.15, -0.1) is 16.9 Å². The Bertz CT molecular complexity index is 1200. The second-order valence-corrected chi connectivity index (χ2v) is 9.24. The minimum atomic E-state index is -0.492. The SMILES string of the molecule is Cc1ccccc1-n1nnnc1SCC(=O)NNC(=O)c1ccc2c(c1)NC(=O)[C@@H](C)S2. The molecule has 0 aliphatic carbocycles. The van der Waals surface area contributed by atoms with Gasteiger partial charge in [0.2, 0.25) is 17.0 Å². The molecule has 1 atom stereocenters. The lowest BCUT2D eigenvalue weighted by Crippen LogP contribution is -2.42. The van der Waals surface area contributed by atoms with E-state index in [0.717, 1.165) is 27.9 Å². The molecule has 0 spiro atoms. The molecule has 2 aromatic carbocycles. The van der Waals surface area contributed by atoms with Crippen molar-refractivity contribution in [2.24, 2.45) is 0 Å². The number of amides is 3. The van der Waals surface area contributed by atoms with E-state index in [4.69, 9.17) is 0 Å². The highest BCUT2D eigenvalue weighted by atomic mass is 32.2. The summed E-state index contributed by atoms with van der Waals surface area (Å²) >= 11 is 2.57. The van der Waals surface area contributed by atoms with E-state index >= 15 is 0 Å². The van der Waals surface area contributed by atoms with E-state index in [9.17, 15) is 14.4 Å². The molecule has 0 fully saturated rings. The molecule has 4 rings (SSSR count). The normalized spacial score (nSPS) is 14.9. The van der Waals surface area contributed by atoms with Crippen LogP contribution in [0.1, 0.15) is 22.8 Å². The van der Waals surface area contributed by atoms with Gasteiger partial charge in [-0.3, -0.25) is 25.2 Å². The van der Waals surface area contributed by atoms with E-state index in [-0.39, 0.29) is 16.9 Å². The van der Waals surface area contributed by atoms with Crippen molar-refractivity contribution in [3.8, 4) is 5.69 Å². The van der Waals surface area contributed by atoms with Crippen LogP contribution < -0.4 is 16.2 Å².